The van der Waals surface area contributed by atoms with Gasteiger partial charge in [-0.2, -0.15) is 5.26 Å². The highest BCUT2D eigenvalue weighted by Crippen LogP contribution is 2.54. The van der Waals surface area contributed by atoms with Crippen LogP contribution in [0.15, 0.2) is 42.5 Å². The number of hydrogen-bond acceptors (Lipinski definition) is 5. The topological polar surface area (TPSA) is 123 Å². The van der Waals surface area contributed by atoms with Crippen molar-refractivity contribution in [2.75, 3.05) is 6.54 Å². The molecule has 3 N–H and O–H groups in total. The summed E-state index contributed by atoms with van der Waals surface area (Å²) in [5.41, 5.74) is -0.546. The van der Waals surface area contributed by atoms with Crippen molar-refractivity contribution in [2.45, 2.75) is 68.2 Å². The minimum absolute atomic E-state index is 0.0131. The van der Waals surface area contributed by atoms with Crippen molar-refractivity contribution in [1.29, 1.82) is 5.26 Å². The third-order valence-electron chi connectivity index (χ3n) is 9.12. The first-order chi connectivity index (χ1) is 19.6. The maximum Gasteiger partial charge on any atom is 0.264 e. The van der Waals surface area contributed by atoms with Crippen molar-refractivity contribution in [1.82, 2.24) is 15.5 Å². The van der Waals surface area contributed by atoms with E-state index in [0.717, 1.165) is 11.3 Å². The summed E-state index contributed by atoms with van der Waals surface area (Å²) in [4.78, 5) is 41.6. The van der Waals surface area contributed by atoms with Crippen molar-refractivity contribution in [3.8, 4) is 17.2 Å². The van der Waals surface area contributed by atoms with Gasteiger partial charge in [0.2, 0.25) is 11.8 Å². The molecule has 5 aliphatic rings. The molecule has 3 aliphatic heterocycles. The highest BCUT2D eigenvalue weighted by Gasteiger charge is 2.63. The number of carbonyl (C=O) groups excluding carboxylic acids is 3. The fourth-order valence-corrected chi connectivity index (χ4v) is 7.36. The second-order valence-corrected chi connectivity index (χ2v) is 11.9. The van der Waals surface area contributed by atoms with Gasteiger partial charge in [0.1, 0.15) is 12.1 Å². The van der Waals surface area contributed by atoms with E-state index in [1.807, 2.05) is 6.07 Å². The summed E-state index contributed by atoms with van der Waals surface area (Å²) in [6.45, 7) is 0.538. The number of benzene rings is 2. The van der Waals surface area contributed by atoms with Gasteiger partial charge in [0.25, 0.3) is 11.8 Å². The van der Waals surface area contributed by atoms with Crippen LogP contribution in [0.25, 0.3) is 11.1 Å². The zero-order chi connectivity index (χ0) is 29.1. The molecule has 2 bridgehead atoms. The number of nitrogens with one attached hydrogen (secondary N) is 2. The van der Waals surface area contributed by atoms with Crippen LogP contribution < -0.4 is 10.6 Å². The summed E-state index contributed by atoms with van der Waals surface area (Å²) in [5, 5.41) is 27.6. The molecule has 1 unspecified atom stereocenters. The molecule has 2 aromatic carbocycles. The average molecular weight is 583 g/mol. The van der Waals surface area contributed by atoms with Crippen molar-refractivity contribution in [3.05, 3.63) is 58.6 Å². The molecule has 0 radical (unpaired) electrons. The molecule has 2 aromatic rings. The zero-order valence-corrected chi connectivity index (χ0v) is 22.8. The molecule has 7 rings (SSSR count). The largest absolute Gasteiger partial charge is 0.372 e. The first-order valence-corrected chi connectivity index (χ1v) is 14.2. The van der Waals surface area contributed by atoms with Gasteiger partial charge < -0.3 is 20.6 Å². The number of piperidine rings is 3. The lowest BCUT2D eigenvalue weighted by molar-refractivity contribution is -0.201. The van der Waals surface area contributed by atoms with Crippen LogP contribution in [0.2, 0.25) is 5.02 Å². The minimum Gasteiger partial charge on any atom is -0.372 e. The summed E-state index contributed by atoms with van der Waals surface area (Å²) >= 11 is 6.27. The van der Waals surface area contributed by atoms with E-state index >= 15 is 8.78 Å². The lowest BCUT2D eigenvalue weighted by Gasteiger charge is -2.54. The minimum atomic E-state index is -3.22. The van der Waals surface area contributed by atoms with Gasteiger partial charge in [-0.3, -0.25) is 14.4 Å². The fourth-order valence-electron chi connectivity index (χ4n) is 7.19. The summed E-state index contributed by atoms with van der Waals surface area (Å²) in [6, 6.07) is 9.88. The number of nitrogens with zero attached hydrogens (tertiary/aromatic N) is 2. The fraction of sp³-hybridized carbons (Fsp3) is 0.467. The van der Waals surface area contributed by atoms with E-state index in [1.54, 1.807) is 36.4 Å². The van der Waals surface area contributed by atoms with E-state index in [1.165, 1.54) is 6.07 Å². The van der Waals surface area contributed by atoms with E-state index in [0.29, 0.717) is 24.1 Å². The first kappa shape index (κ1) is 27.6. The van der Waals surface area contributed by atoms with Crippen LogP contribution in [-0.4, -0.2) is 58.3 Å². The average Bonchev–Trinajstić information content (AvgIpc) is 3.21. The first-order valence-electron chi connectivity index (χ1n) is 13.9. The van der Waals surface area contributed by atoms with Crippen molar-refractivity contribution in [3.63, 3.8) is 0 Å². The monoisotopic (exact) mass is 582 g/mol. The maximum atomic E-state index is 15.3. The zero-order valence-electron chi connectivity index (χ0n) is 22.1. The standard InChI is InChI=1S/C30H29ClF2N4O4/c31-17-7-9-21-20-5-1-2-6-22(20)30(41,24(21)13-17)28(40)37-19-8-10-23(29(32,33)14-19)25(37)27(39)36-18(15-34)12-16-4-3-11-35-26(16)38/h1-2,5-7,9,13,16,18-19,23,25,41H,3-4,8,10-12,14H2,(H,35,38)(H,36,39)/t16-,18+,19-,23-,25+,30?/m0/s1. The number of carbonyl (C=O) groups is 3. The molecule has 3 heterocycles. The van der Waals surface area contributed by atoms with Crippen molar-refractivity contribution < 1.29 is 28.3 Å². The molecule has 3 saturated heterocycles. The number of fused-ring (bicyclic) bond motifs is 6. The summed E-state index contributed by atoms with van der Waals surface area (Å²) < 4.78 is 30.6. The van der Waals surface area contributed by atoms with Crippen LogP contribution >= 0.6 is 11.6 Å². The van der Waals surface area contributed by atoms with E-state index in [4.69, 9.17) is 11.6 Å². The lowest BCUT2D eigenvalue weighted by atomic mass is 9.70. The number of amides is 3. The van der Waals surface area contributed by atoms with E-state index in [2.05, 4.69) is 10.6 Å². The van der Waals surface area contributed by atoms with E-state index < -0.39 is 59.7 Å². The maximum absolute atomic E-state index is 15.3. The molecule has 0 aromatic heterocycles. The number of nitriles is 1. The Morgan fingerprint density at radius 1 is 1.17 bits per heavy atom. The van der Waals surface area contributed by atoms with Gasteiger partial charge in [0.05, 0.1) is 12.0 Å². The van der Waals surface area contributed by atoms with Crippen LogP contribution in [0.1, 0.15) is 49.7 Å². The highest BCUT2D eigenvalue weighted by atomic mass is 35.5. The number of rotatable bonds is 5. The van der Waals surface area contributed by atoms with E-state index in [9.17, 15) is 24.8 Å². The van der Waals surface area contributed by atoms with Gasteiger partial charge >= 0.3 is 0 Å². The third-order valence-corrected chi connectivity index (χ3v) is 9.35. The Labute approximate surface area is 240 Å². The number of halogens is 3. The van der Waals surface area contributed by atoms with Gasteiger partial charge in [0, 0.05) is 41.1 Å². The Kier molecular flexibility index (Phi) is 6.78. The summed E-state index contributed by atoms with van der Waals surface area (Å²) in [7, 11) is 0. The van der Waals surface area contributed by atoms with Crippen LogP contribution in [0.4, 0.5) is 8.78 Å². The molecule has 1 saturated carbocycles. The number of alkyl halides is 2. The quantitative estimate of drug-likeness (QED) is 0.498. The van der Waals surface area contributed by atoms with Gasteiger partial charge in [-0.05, 0) is 55.4 Å². The highest BCUT2D eigenvalue weighted by molar-refractivity contribution is 6.31. The van der Waals surface area contributed by atoms with Gasteiger partial charge in [0.15, 0.2) is 5.60 Å². The van der Waals surface area contributed by atoms with Crippen LogP contribution in [0.3, 0.4) is 0 Å². The Hall–Kier alpha value is -3.55. The second-order valence-electron chi connectivity index (χ2n) is 11.5. The molecule has 11 heteroatoms. The number of aliphatic hydroxyl groups is 1. The molecule has 214 valence electrons. The molecular weight excluding hydrogens is 554 g/mol. The lowest BCUT2D eigenvalue weighted by Crippen LogP contribution is -2.70. The molecule has 6 atom stereocenters. The van der Waals surface area contributed by atoms with Crippen LogP contribution in [-0.2, 0) is 20.0 Å². The van der Waals surface area contributed by atoms with Crippen molar-refractivity contribution >= 4 is 29.3 Å². The van der Waals surface area contributed by atoms with Crippen LogP contribution in [0.5, 0.6) is 0 Å². The van der Waals surface area contributed by atoms with Gasteiger partial charge in [-0.15, -0.1) is 0 Å². The molecule has 2 aliphatic carbocycles. The predicted octanol–water partition coefficient (Wildman–Crippen LogP) is 3.50. The molecule has 41 heavy (non-hydrogen) atoms. The van der Waals surface area contributed by atoms with Gasteiger partial charge in [-0.25, -0.2) is 8.78 Å². The smallest absolute Gasteiger partial charge is 0.264 e. The SMILES string of the molecule is N#C[C@@H](C[C@@H]1CCCNC1=O)NC(=O)[C@H]1[C@@H]2CC[C@@H](CC2(F)F)N1C(=O)C1(O)c2ccccc2-c2ccc(Cl)cc21. The third kappa shape index (κ3) is 4.37. The second kappa shape index (κ2) is 10.1. The number of hydrogen-bond donors (Lipinski definition) is 3. The Morgan fingerprint density at radius 2 is 1.93 bits per heavy atom. The molecular formula is C30H29ClF2N4O4. The van der Waals surface area contributed by atoms with Crippen molar-refractivity contribution in [2.24, 2.45) is 11.8 Å². The van der Waals surface area contributed by atoms with E-state index in [-0.39, 0.29) is 41.3 Å². The summed E-state index contributed by atoms with van der Waals surface area (Å²) in [5.74, 6) is -7.19. The Bertz CT molecular complexity index is 1480. The Balaban J connectivity index is 1.36. The Morgan fingerprint density at radius 3 is 2.66 bits per heavy atom. The van der Waals surface area contributed by atoms with Crippen LogP contribution in [0, 0.1) is 23.2 Å². The van der Waals surface area contributed by atoms with Gasteiger partial charge in [-0.1, -0.05) is 41.9 Å². The molecule has 8 nitrogen and oxygen atoms in total. The normalized spacial score (nSPS) is 30.0. The molecule has 0 spiro atoms. The molecule has 3 amide bonds. The molecule has 4 fully saturated rings. The predicted molar refractivity (Wildman–Crippen MR) is 144 cm³/mol. The summed E-state index contributed by atoms with van der Waals surface area (Å²) in [6.07, 6.45) is 0.943.